The topological polar surface area (TPSA) is 46.9 Å². The molecule has 1 aromatic heterocycles. The molecule has 1 amide bonds. The summed E-state index contributed by atoms with van der Waals surface area (Å²) in [5, 5.41) is 6.66. The van der Waals surface area contributed by atoms with Crippen LogP contribution in [0, 0.1) is 0 Å². The lowest BCUT2D eigenvalue weighted by atomic mass is 10.3. The summed E-state index contributed by atoms with van der Waals surface area (Å²) in [6.07, 6.45) is 5.29. The van der Waals surface area contributed by atoms with Gasteiger partial charge < -0.3 is 5.32 Å². The van der Waals surface area contributed by atoms with Crippen LogP contribution in [0.1, 0.15) is 5.56 Å². The molecule has 0 aromatic carbocycles. The Balaban J connectivity index is 2.16. The molecule has 84 valence electrons. The number of halogens is 1. The minimum atomic E-state index is -0.153. The molecule has 0 unspecified atom stereocenters. The molecule has 0 bridgehead atoms. The number of rotatable bonds is 3. The van der Waals surface area contributed by atoms with Crippen LogP contribution in [0.2, 0.25) is 0 Å². The minimum absolute atomic E-state index is 0.153. The Morgan fingerprint density at radius 3 is 3.12 bits per heavy atom. The molecule has 7 heteroatoms. The highest BCUT2D eigenvalue weighted by Crippen LogP contribution is 2.25. The molecule has 1 saturated heterocycles. The number of hydrogen-bond donors (Lipinski definition) is 1. The van der Waals surface area contributed by atoms with Crippen molar-refractivity contribution in [1.82, 2.24) is 15.1 Å². The molecular formula is C9H8ClN3OS2. The number of amides is 1. The summed E-state index contributed by atoms with van der Waals surface area (Å²) < 4.78 is 2.22. The summed E-state index contributed by atoms with van der Waals surface area (Å²) in [5.74, 6) is 0.358. The third kappa shape index (κ3) is 2.63. The van der Waals surface area contributed by atoms with Crippen LogP contribution in [0.4, 0.5) is 0 Å². The van der Waals surface area contributed by atoms with Gasteiger partial charge in [0, 0.05) is 17.6 Å². The highest BCUT2D eigenvalue weighted by Gasteiger charge is 2.21. The van der Waals surface area contributed by atoms with E-state index in [9.17, 15) is 4.79 Å². The van der Waals surface area contributed by atoms with E-state index in [-0.39, 0.29) is 5.91 Å². The quantitative estimate of drug-likeness (QED) is 0.516. The van der Waals surface area contributed by atoms with Crippen molar-refractivity contribution in [1.29, 1.82) is 0 Å². The van der Waals surface area contributed by atoms with E-state index in [1.165, 1.54) is 11.8 Å². The van der Waals surface area contributed by atoms with Crippen LogP contribution >= 0.6 is 35.6 Å². The Morgan fingerprint density at radius 2 is 2.50 bits per heavy atom. The first-order valence-corrected chi connectivity index (χ1v) is 6.28. The molecule has 0 atom stereocenters. The second-order valence-corrected chi connectivity index (χ2v) is 5.17. The number of thioether (sulfide) groups is 1. The Kier molecular flexibility index (Phi) is 3.63. The molecule has 0 aliphatic carbocycles. The lowest BCUT2D eigenvalue weighted by Crippen LogP contribution is -2.17. The van der Waals surface area contributed by atoms with Crippen LogP contribution in [-0.2, 0) is 11.3 Å². The Morgan fingerprint density at radius 1 is 1.69 bits per heavy atom. The summed E-state index contributed by atoms with van der Waals surface area (Å²) in [5.41, 5.74) is 0.868. The van der Waals surface area contributed by atoms with E-state index in [2.05, 4.69) is 10.4 Å². The molecule has 0 saturated carbocycles. The second kappa shape index (κ2) is 4.99. The predicted octanol–water partition coefficient (Wildman–Crippen LogP) is 1.61. The maximum atomic E-state index is 11.4. The van der Waals surface area contributed by atoms with Crippen LogP contribution in [0.15, 0.2) is 17.3 Å². The predicted molar refractivity (Wildman–Crippen MR) is 69.3 cm³/mol. The van der Waals surface area contributed by atoms with Gasteiger partial charge in [0.1, 0.15) is 4.32 Å². The summed E-state index contributed by atoms with van der Waals surface area (Å²) in [6, 6.07) is 0. The zero-order valence-electron chi connectivity index (χ0n) is 8.14. The Labute approximate surface area is 107 Å². The van der Waals surface area contributed by atoms with Crippen molar-refractivity contribution in [3.05, 3.63) is 22.9 Å². The third-order valence-corrected chi connectivity index (χ3v) is 3.24. The molecule has 1 N–H and O–H groups in total. The van der Waals surface area contributed by atoms with Crippen molar-refractivity contribution in [2.45, 2.75) is 6.54 Å². The van der Waals surface area contributed by atoms with Gasteiger partial charge in [0.2, 0.25) is 0 Å². The first kappa shape index (κ1) is 11.6. The number of thiocarbonyl (C=S) groups is 1. The van der Waals surface area contributed by atoms with Gasteiger partial charge in [0.25, 0.3) is 5.91 Å². The molecule has 1 aromatic rings. The van der Waals surface area contributed by atoms with Crippen molar-refractivity contribution in [3.63, 3.8) is 0 Å². The van der Waals surface area contributed by atoms with Crippen molar-refractivity contribution >= 4 is 51.9 Å². The Hall–Kier alpha value is -0.850. The van der Waals surface area contributed by atoms with Gasteiger partial charge in [-0.1, -0.05) is 24.0 Å². The summed E-state index contributed by atoms with van der Waals surface area (Å²) in [6.45, 7) is 0.655. The molecule has 0 spiro atoms. The monoisotopic (exact) mass is 273 g/mol. The smallest absolute Gasteiger partial charge is 0.263 e. The average Bonchev–Trinajstić information content (AvgIpc) is 2.76. The van der Waals surface area contributed by atoms with Crippen LogP contribution in [0.25, 0.3) is 6.08 Å². The van der Waals surface area contributed by atoms with Gasteiger partial charge in [-0.25, -0.2) is 0 Å². The molecular weight excluding hydrogens is 266 g/mol. The highest BCUT2D eigenvalue weighted by molar-refractivity contribution is 8.26. The van der Waals surface area contributed by atoms with E-state index in [1.807, 2.05) is 6.20 Å². The molecule has 1 aliphatic heterocycles. The standard InChI is InChI=1S/C9H8ClN3OS2/c10-1-2-13-5-6(4-11-13)3-7-8(14)12-9(15)16-7/h3-5H,1-2H2,(H,12,14,15). The molecule has 4 nitrogen and oxygen atoms in total. The fraction of sp³-hybridized carbons (Fsp3) is 0.222. The fourth-order valence-electron chi connectivity index (χ4n) is 1.24. The van der Waals surface area contributed by atoms with E-state index < -0.39 is 0 Å². The average molecular weight is 274 g/mol. The molecule has 1 fully saturated rings. The van der Waals surface area contributed by atoms with E-state index in [0.29, 0.717) is 21.7 Å². The van der Waals surface area contributed by atoms with Gasteiger partial charge in [-0.05, 0) is 6.08 Å². The van der Waals surface area contributed by atoms with Gasteiger partial charge in [-0.15, -0.1) is 11.6 Å². The SMILES string of the molecule is O=C1NC(=S)SC1=Cc1cnn(CCCl)c1. The van der Waals surface area contributed by atoms with Gasteiger partial charge >= 0.3 is 0 Å². The number of carbonyl (C=O) groups excluding carboxylic acids is 1. The number of aromatic nitrogens is 2. The van der Waals surface area contributed by atoms with Crippen LogP contribution in [0.3, 0.4) is 0 Å². The van der Waals surface area contributed by atoms with Gasteiger partial charge in [0.15, 0.2) is 0 Å². The largest absolute Gasteiger partial charge is 0.307 e. The first-order chi connectivity index (χ1) is 7.69. The van der Waals surface area contributed by atoms with E-state index in [0.717, 1.165) is 5.56 Å². The van der Waals surface area contributed by atoms with E-state index in [4.69, 9.17) is 23.8 Å². The molecule has 2 heterocycles. The van der Waals surface area contributed by atoms with E-state index in [1.54, 1.807) is 17.0 Å². The molecule has 16 heavy (non-hydrogen) atoms. The molecule has 2 rings (SSSR count). The summed E-state index contributed by atoms with van der Waals surface area (Å²) in [4.78, 5) is 12.0. The lowest BCUT2D eigenvalue weighted by Gasteiger charge is -1.93. The molecule has 0 radical (unpaired) electrons. The summed E-state index contributed by atoms with van der Waals surface area (Å²) >= 11 is 11.7. The zero-order valence-corrected chi connectivity index (χ0v) is 10.5. The van der Waals surface area contributed by atoms with E-state index >= 15 is 0 Å². The number of aryl methyl sites for hydroxylation is 1. The number of hydrogen-bond acceptors (Lipinski definition) is 4. The van der Waals surface area contributed by atoms with Crippen LogP contribution < -0.4 is 5.32 Å². The maximum Gasteiger partial charge on any atom is 0.263 e. The van der Waals surface area contributed by atoms with Crippen LogP contribution in [0.5, 0.6) is 0 Å². The van der Waals surface area contributed by atoms with Gasteiger partial charge in [-0.2, -0.15) is 5.10 Å². The third-order valence-electron chi connectivity index (χ3n) is 1.91. The van der Waals surface area contributed by atoms with Crippen molar-refractivity contribution in [2.75, 3.05) is 5.88 Å². The Bertz CT molecular complexity index is 469. The maximum absolute atomic E-state index is 11.4. The zero-order chi connectivity index (χ0) is 11.5. The molecule has 1 aliphatic rings. The van der Waals surface area contributed by atoms with Gasteiger partial charge in [0.05, 0.1) is 17.6 Å². The van der Waals surface area contributed by atoms with Crippen molar-refractivity contribution < 1.29 is 4.79 Å². The van der Waals surface area contributed by atoms with Crippen molar-refractivity contribution in [2.24, 2.45) is 0 Å². The van der Waals surface area contributed by atoms with Crippen LogP contribution in [-0.4, -0.2) is 25.9 Å². The fourth-order valence-corrected chi connectivity index (χ4v) is 2.45. The first-order valence-electron chi connectivity index (χ1n) is 4.52. The van der Waals surface area contributed by atoms with Gasteiger partial charge in [-0.3, -0.25) is 9.48 Å². The van der Waals surface area contributed by atoms with Crippen molar-refractivity contribution in [3.8, 4) is 0 Å². The summed E-state index contributed by atoms with van der Waals surface area (Å²) in [7, 11) is 0. The normalized spacial score (nSPS) is 18.2. The number of nitrogens with zero attached hydrogens (tertiary/aromatic N) is 2. The minimum Gasteiger partial charge on any atom is -0.307 e. The highest BCUT2D eigenvalue weighted by atomic mass is 35.5. The number of carbonyl (C=O) groups is 1. The number of alkyl halides is 1. The second-order valence-electron chi connectivity index (χ2n) is 3.08. The number of nitrogens with one attached hydrogen (secondary N) is 1. The lowest BCUT2D eigenvalue weighted by molar-refractivity contribution is -0.115.